The van der Waals surface area contributed by atoms with E-state index in [4.69, 9.17) is 4.52 Å². The number of hydrogen-bond donors (Lipinski definition) is 0. The molecule has 0 saturated heterocycles. The summed E-state index contributed by atoms with van der Waals surface area (Å²) in [6, 6.07) is 9.83. The van der Waals surface area contributed by atoms with E-state index >= 15 is 0 Å². The fourth-order valence-corrected chi connectivity index (χ4v) is 3.00. The van der Waals surface area contributed by atoms with Crippen LogP contribution in [0.5, 0.6) is 0 Å². The number of aromatic nitrogens is 4. The number of carbonyl (C=O) groups excluding carboxylic acids is 1. The number of benzene rings is 1. The molecule has 0 aliphatic heterocycles. The molecule has 4 rings (SSSR count). The van der Waals surface area contributed by atoms with Crippen molar-refractivity contribution in [2.24, 2.45) is 0 Å². The number of hydrogen-bond acceptors (Lipinski definition) is 5. The van der Waals surface area contributed by atoms with E-state index in [1.54, 1.807) is 18.1 Å². The van der Waals surface area contributed by atoms with Crippen LogP contribution in [0.3, 0.4) is 0 Å². The maximum Gasteiger partial charge on any atom is 0.242 e. The van der Waals surface area contributed by atoms with Gasteiger partial charge in [-0.25, -0.2) is 4.98 Å². The topological polar surface area (TPSA) is 77.0 Å². The van der Waals surface area contributed by atoms with E-state index in [0.717, 1.165) is 24.2 Å². The second-order valence-corrected chi connectivity index (χ2v) is 6.67. The maximum atomic E-state index is 12.6. The average Bonchev–Trinajstić information content (AvgIpc) is 3.24. The Morgan fingerprint density at radius 2 is 2.12 bits per heavy atom. The van der Waals surface area contributed by atoms with Crippen LogP contribution in [0.4, 0.5) is 0 Å². The Morgan fingerprint density at radius 3 is 2.85 bits per heavy atom. The largest absolute Gasteiger partial charge is 0.339 e. The molecule has 1 aromatic carbocycles. The van der Waals surface area contributed by atoms with E-state index in [0.29, 0.717) is 24.2 Å². The van der Waals surface area contributed by atoms with Crippen molar-refractivity contribution in [2.75, 3.05) is 7.05 Å². The lowest BCUT2D eigenvalue weighted by molar-refractivity contribution is -0.131. The minimum Gasteiger partial charge on any atom is -0.339 e. The number of nitrogens with zero attached hydrogens (tertiary/aromatic N) is 5. The molecule has 0 atom stereocenters. The Kier molecular flexibility index (Phi) is 4.51. The second-order valence-electron chi connectivity index (χ2n) is 6.67. The lowest BCUT2D eigenvalue weighted by Crippen LogP contribution is -2.30. The molecule has 7 nitrogen and oxygen atoms in total. The first kappa shape index (κ1) is 16.5. The standard InChI is InChI=1S/C19H21N5O2/c1-23(12-16-21-19(26-22-16)15-8-5-9-15)17(25)13-24-11-10-20-18(24)14-6-3-2-4-7-14/h2-4,6-7,10-11,15H,5,8-9,12-13H2,1H3. The van der Waals surface area contributed by atoms with Crippen molar-refractivity contribution >= 4 is 5.91 Å². The highest BCUT2D eigenvalue weighted by Gasteiger charge is 2.25. The van der Waals surface area contributed by atoms with Crippen molar-refractivity contribution in [2.45, 2.75) is 38.3 Å². The molecular weight excluding hydrogens is 330 g/mol. The monoisotopic (exact) mass is 351 g/mol. The van der Waals surface area contributed by atoms with Gasteiger partial charge in [0, 0.05) is 30.9 Å². The third-order valence-corrected chi connectivity index (χ3v) is 4.80. The third-order valence-electron chi connectivity index (χ3n) is 4.80. The van der Waals surface area contributed by atoms with Gasteiger partial charge in [-0.1, -0.05) is 41.9 Å². The first-order valence-electron chi connectivity index (χ1n) is 8.83. The molecule has 134 valence electrons. The van der Waals surface area contributed by atoms with Gasteiger partial charge >= 0.3 is 0 Å². The van der Waals surface area contributed by atoms with Crippen LogP contribution in [0, 0.1) is 0 Å². The minimum absolute atomic E-state index is 0.0322. The van der Waals surface area contributed by atoms with Crippen LogP contribution in [0.2, 0.25) is 0 Å². The van der Waals surface area contributed by atoms with Gasteiger partial charge in [0.25, 0.3) is 0 Å². The number of rotatable bonds is 6. The Morgan fingerprint density at radius 1 is 1.31 bits per heavy atom. The maximum absolute atomic E-state index is 12.6. The fraction of sp³-hybridized carbons (Fsp3) is 0.368. The molecule has 2 heterocycles. The van der Waals surface area contributed by atoms with Crippen LogP contribution < -0.4 is 0 Å². The molecule has 26 heavy (non-hydrogen) atoms. The molecule has 0 radical (unpaired) electrons. The molecule has 2 aromatic heterocycles. The van der Waals surface area contributed by atoms with Crippen molar-refractivity contribution < 1.29 is 9.32 Å². The summed E-state index contributed by atoms with van der Waals surface area (Å²) in [5.41, 5.74) is 0.983. The molecule has 0 spiro atoms. The molecule has 1 fully saturated rings. The summed E-state index contributed by atoms with van der Waals surface area (Å²) in [6.45, 7) is 0.554. The molecule has 1 amide bonds. The zero-order valence-electron chi connectivity index (χ0n) is 14.7. The van der Waals surface area contributed by atoms with Gasteiger partial charge in [-0.3, -0.25) is 4.79 Å². The van der Waals surface area contributed by atoms with Crippen LogP contribution in [0.15, 0.2) is 47.2 Å². The minimum atomic E-state index is -0.0322. The molecule has 1 saturated carbocycles. The molecule has 7 heteroatoms. The van der Waals surface area contributed by atoms with Gasteiger partial charge in [0.15, 0.2) is 5.82 Å². The Bertz CT molecular complexity index is 882. The van der Waals surface area contributed by atoms with Crippen molar-refractivity contribution in [3.63, 3.8) is 0 Å². The highest BCUT2D eigenvalue weighted by Crippen LogP contribution is 2.35. The zero-order chi connectivity index (χ0) is 17.9. The Labute approximate surface area is 151 Å². The summed E-state index contributed by atoms with van der Waals surface area (Å²) < 4.78 is 7.17. The number of carbonyl (C=O) groups is 1. The summed E-state index contributed by atoms with van der Waals surface area (Å²) in [5, 5.41) is 4.00. The first-order chi connectivity index (χ1) is 12.7. The number of amides is 1. The number of likely N-dealkylation sites (N-methyl/N-ethyl adjacent to an activating group) is 1. The van der Waals surface area contributed by atoms with Gasteiger partial charge in [0.1, 0.15) is 12.4 Å². The molecule has 1 aliphatic carbocycles. The first-order valence-corrected chi connectivity index (χ1v) is 8.83. The predicted octanol–water partition coefficient (Wildman–Crippen LogP) is 2.86. The molecule has 0 N–H and O–H groups in total. The molecular formula is C19H21N5O2. The molecule has 3 aromatic rings. The van der Waals surface area contributed by atoms with Gasteiger partial charge in [0.05, 0.1) is 6.54 Å². The highest BCUT2D eigenvalue weighted by molar-refractivity contribution is 5.76. The zero-order valence-corrected chi connectivity index (χ0v) is 14.7. The van der Waals surface area contributed by atoms with Crippen LogP contribution in [0.1, 0.15) is 36.9 Å². The summed E-state index contributed by atoms with van der Waals surface area (Å²) in [5.74, 6) is 2.40. The molecule has 1 aliphatic rings. The van der Waals surface area contributed by atoms with Gasteiger partial charge in [-0.2, -0.15) is 4.98 Å². The van der Waals surface area contributed by atoms with Crippen molar-refractivity contribution in [3.05, 3.63) is 54.4 Å². The van der Waals surface area contributed by atoms with Crippen molar-refractivity contribution in [1.82, 2.24) is 24.6 Å². The molecule has 0 unspecified atom stereocenters. The summed E-state index contributed by atoms with van der Waals surface area (Å²) in [6.07, 6.45) is 6.96. The van der Waals surface area contributed by atoms with Gasteiger partial charge < -0.3 is 14.0 Å². The number of imidazole rings is 1. The van der Waals surface area contributed by atoms with E-state index < -0.39 is 0 Å². The van der Waals surface area contributed by atoms with Crippen LogP contribution in [-0.2, 0) is 17.9 Å². The highest BCUT2D eigenvalue weighted by atomic mass is 16.5. The van der Waals surface area contributed by atoms with E-state index in [1.165, 1.54) is 6.42 Å². The predicted molar refractivity (Wildman–Crippen MR) is 95.0 cm³/mol. The van der Waals surface area contributed by atoms with Gasteiger partial charge in [-0.05, 0) is 12.8 Å². The van der Waals surface area contributed by atoms with Gasteiger partial charge in [-0.15, -0.1) is 0 Å². The third kappa shape index (κ3) is 3.37. The Balaban J connectivity index is 1.40. The second kappa shape index (κ2) is 7.11. The Hall–Kier alpha value is -2.96. The summed E-state index contributed by atoms with van der Waals surface area (Å²) >= 11 is 0. The van der Waals surface area contributed by atoms with Crippen LogP contribution >= 0.6 is 0 Å². The van der Waals surface area contributed by atoms with Crippen molar-refractivity contribution in [3.8, 4) is 11.4 Å². The van der Waals surface area contributed by atoms with Crippen LogP contribution in [-0.4, -0.2) is 37.5 Å². The SMILES string of the molecule is CN(Cc1noc(C2CCC2)n1)C(=O)Cn1ccnc1-c1ccccc1. The fourth-order valence-electron chi connectivity index (χ4n) is 3.00. The lowest BCUT2D eigenvalue weighted by Gasteiger charge is -2.20. The van der Waals surface area contributed by atoms with Crippen LogP contribution in [0.25, 0.3) is 11.4 Å². The van der Waals surface area contributed by atoms with Gasteiger partial charge in [0.2, 0.25) is 11.8 Å². The van der Waals surface area contributed by atoms with E-state index in [9.17, 15) is 4.79 Å². The smallest absolute Gasteiger partial charge is 0.242 e. The van der Waals surface area contributed by atoms with E-state index in [-0.39, 0.29) is 12.5 Å². The summed E-state index contributed by atoms with van der Waals surface area (Å²) in [4.78, 5) is 23.0. The molecule has 0 bridgehead atoms. The lowest BCUT2D eigenvalue weighted by atomic mass is 9.85. The quantitative estimate of drug-likeness (QED) is 0.682. The normalized spacial score (nSPS) is 14.2. The van der Waals surface area contributed by atoms with E-state index in [2.05, 4.69) is 15.1 Å². The van der Waals surface area contributed by atoms with E-state index in [1.807, 2.05) is 41.1 Å². The van der Waals surface area contributed by atoms with Crippen molar-refractivity contribution in [1.29, 1.82) is 0 Å². The summed E-state index contributed by atoms with van der Waals surface area (Å²) in [7, 11) is 1.75. The average molecular weight is 351 g/mol.